The molecule has 1 amide bonds. The number of amides is 1. The molecule has 2 N–H and O–H groups in total. The van der Waals surface area contributed by atoms with Crippen LogP contribution in [-0.2, 0) is 9.59 Å². The third-order valence-electron chi connectivity index (χ3n) is 2.62. The maximum Gasteiger partial charge on any atom is 0.303 e. The second kappa shape index (κ2) is 6.61. The van der Waals surface area contributed by atoms with Crippen molar-refractivity contribution >= 4 is 29.3 Å². The van der Waals surface area contributed by atoms with E-state index in [1.54, 1.807) is 25.6 Å². The first kappa shape index (κ1) is 15.6. The first-order valence-corrected chi connectivity index (χ1v) is 7.20. The maximum atomic E-state index is 11.9. The standard InChI is InChI=1S/C14H19NO3S/c1-14(2,9-13(17)18)8-12(16)15-10-5-4-6-11(7-10)19-3/h4-7H,8-9H2,1-3H3,(H,15,16)(H,17,18). The fourth-order valence-corrected chi connectivity index (χ4v) is 2.27. The molecule has 0 unspecified atom stereocenters. The molecule has 0 fully saturated rings. The third kappa shape index (κ3) is 5.79. The van der Waals surface area contributed by atoms with Gasteiger partial charge in [-0.3, -0.25) is 9.59 Å². The highest BCUT2D eigenvalue weighted by Crippen LogP contribution is 2.26. The molecule has 4 nitrogen and oxygen atoms in total. The van der Waals surface area contributed by atoms with Gasteiger partial charge in [0.05, 0.1) is 6.42 Å². The summed E-state index contributed by atoms with van der Waals surface area (Å²) in [7, 11) is 0. The molecule has 0 radical (unpaired) electrons. The van der Waals surface area contributed by atoms with Crippen LogP contribution in [0.1, 0.15) is 26.7 Å². The van der Waals surface area contributed by atoms with Gasteiger partial charge in [-0.15, -0.1) is 11.8 Å². The lowest BCUT2D eigenvalue weighted by molar-refractivity contribution is -0.139. The summed E-state index contributed by atoms with van der Waals surface area (Å²) in [5, 5.41) is 11.6. The number of carbonyl (C=O) groups excluding carboxylic acids is 1. The molecular formula is C14H19NO3S. The van der Waals surface area contributed by atoms with Gasteiger partial charge in [0.1, 0.15) is 0 Å². The summed E-state index contributed by atoms with van der Waals surface area (Å²) in [6.45, 7) is 3.55. The number of benzene rings is 1. The second-order valence-electron chi connectivity index (χ2n) is 5.19. The predicted molar refractivity (Wildman–Crippen MR) is 77.5 cm³/mol. The van der Waals surface area contributed by atoms with Crippen LogP contribution in [0.25, 0.3) is 0 Å². The van der Waals surface area contributed by atoms with Crippen LogP contribution < -0.4 is 5.32 Å². The van der Waals surface area contributed by atoms with Gasteiger partial charge in [0, 0.05) is 17.0 Å². The van der Waals surface area contributed by atoms with Gasteiger partial charge in [0.2, 0.25) is 5.91 Å². The number of hydrogen-bond acceptors (Lipinski definition) is 3. The Balaban J connectivity index is 2.62. The van der Waals surface area contributed by atoms with E-state index in [2.05, 4.69) is 5.32 Å². The number of nitrogens with one attached hydrogen (secondary N) is 1. The topological polar surface area (TPSA) is 66.4 Å². The van der Waals surface area contributed by atoms with Crippen molar-refractivity contribution in [3.8, 4) is 0 Å². The Labute approximate surface area is 117 Å². The fraction of sp³-hybridized carbons (Fsp3) is 0.429. The number of anilines is 1. The molecule has 0 bridgehead atoms. The monoisotopic (exact) mass is 281 g/mol. The van der Waals surface area contributed by atoms with Crippen molar-refractivity contribution in [3.05, 3.63) is 24.3 Å². The van der Waals surface area contributed by atoms with Gasteiger partial charge in [-0.05, 0) is 29.9 Å². The van der Waals surface area contributed by atoms with E-state index in [9.17, 15) is 9.59 Å². The van der Waals surface area contributed by atoms with E-state index < -0.39 is 11.4 Å². The lowest BCUT2D eigenvalue weighted by atomic mass is 9.85. The Hall–Kier alpha value is -1.49. The molecule has 1 aromatic carbocycles. The zero-order chi connectivity index (χ0) is 14.5. The summed E-state index contributed by atoms with van der Waals surface area (Å²) in [5.41, 5.74) is 0.190. The summed E-state index contributed by atoms with van der Waals surface area (Å²) in [6.07, 6.45) is 2.13. The maximum absolute atomic E-state index is 11.9. The summed E-state index contributed by atoms with van der Waals surface area (Å²) < 4.78 is 0. The predicted octanol–water partition coefficient (Wildman–Crippen LogP) is 3.24. The lowest BCUT2D eigenvalue weighted by Crippen LogP contribution is -2.24. The van der Waals surface area contributed by atoms with Crippen LogP contribution in [0.3, 0.4) is 0 Å². The molecule has 0 saturated carbocycles. The number of carboxylic acid groups (broad SMARTS) is 1. The molecule has 0 saturated heterocycles. The number of aliphatic carboxylic acids is 1. The second-order valence-corrected chi connectivity index (χ2v) is 6.07. The van der Waals surface area contributed by atoms with E-state index in [-0.39, 0.29) is 18.7 Å². The quantitative estimate of drug-likeness (QED) is 0.786. The van der Waals surface area contributed by atoms with Crippen molar-refractivity contribution in [1.82, 2.24) is 0 Å². The molecule has 0 aliphatic rings. The molecule has 0 heterocycles. The molecule has 104 valence electrons. The van der Waals surface area contributed by atoms with Crippen LogP contribution in [0.2, 0.25) is 0 Å². The van der Waals surface area contributed by atoms with Crippen LogP contribution in [0.5, 0.6) is 0 Å². The molecule has 0 aliphatic carbocycles. The van der Waals surface area contributed by atoms with E-state index in [4.69, 9.17) is 5.11 Å². The number of thioether (sulfide) groups is 1. The minimum atomic E-state index is -0.887. The number of carbonyl (C=O) groups is 2. The number of rotatable bonds is 6. The van der Waals surface area contributed by atoms with E-state index in [1.807, 2.05) is 30.5 Å². The van der Waals surface area contributed by atoms with E-state index >= 15 is 0 Å². The molecule has 5 heteroatoms. The highest BCUT2D eigenvalue weighted by atomic mass is 32.2. The summed E-state index contributed by atoms with van der Waals surface area (Å²) in [4.78, 5) is 23.7. The van der Waals surface area contributed by atoms with Gasteiger partial charge in [-0.25, -0.2) is 0 Å². The highest BCUT2D eigenvalue weighted by Gasteiger charge is 2.25. The van der Waals surface area contributed by atoms with Crippen LogP contribution in [0.15, 0.2) is 29.2 Å². The Morgan fingerprint density at radius 3 is 2.58 bits per heavy atom. The zero-order valence-electron chi connectivity index (χ0n) is 11.4. The third-order valence-corrected chi connectivity index (χ3v) is 3.35. The van der Waals surface area contributed by atoms with Gasteiger partial charge in [-0.2, -0.15) is 0 Å². The summed E-state index contributed by atoms with van der Waals surface area (Å²) >= 11 is 1.60. The lowest BCUT2D eigenvalue weighted by Gasteiger charge is -2.21. The van der Waals surface area contributed by atoms with Crippen LogP contribution in [0.4, 0.5) is 5.69 Å². The van der Waals surface area contributed by atoms with E-state index in [0.29, 0.717) is 0 Å². The largest absolute Gasteiger partial charge is 0.481 e. The Morgan fingerprint density at radius 2 is 2.00 bits per heavy atom. The molecule has 0 aliphatic heterocycles. The molecular weight excluding hydrogens is 262 g/mol. The van der Waals surface area contributed by atoms with Gasteiger partial charge in [0.25, 0.3) is 0 Å². The zero-order valence-corrected chi connectivity index (χ0v) is 12.2. The molecule has 0 aromatic heterocycles. The minimum absolute atomic E-state index is 0.0225. The summed E-state index contributed by atoms with van der Waals surface area (Å²) in [6, 6.07) is 7.56. The SMILES string of the molecule is CSc1cccc(NC(=O)CC(C)(C)CC(=O)O)c1. The van der Waals surface area contributed by atoms with Crippen molar-refractivity contribution in [1.29, 1.82) is 0 Å². The van der Waals surface area contributed by atoms with Crippen molar-refractivity contribution in [2.75, 3.05) is 11.6 Å². The fourth-order valence-electron chi connectivity index (χ4n) is 1.81. The molecule has 1 rings (SSSR count). The van der Waals surface area contributed by atoms with Crippen molar-refractivity contribution in [2.45, 2.75) is 31.6 Å². The number of hydrogen-bond donors (Lipinski definition) is 2. The number of carboxylic acids is 1. The van der Waals surface area contributed by atoms with Crippen molar-refractivity contribution in [2.24, 2.45) is 5.41 Å². The normalized spacial score (nSPS) is 11.1. The molecule has 0 spiro atoms. The van der Waals surface area contributed by atoms with Crippen LogP contribution in [-0.4, -0.2) is 23.2 Å². The van der Waals surface area contributed by atoms with Gasteiger partial charge < -0.3 is 10.4 Å². The van der Waals surface area contributed by atoms with Crippen LogP contribution >= 0.6 is 11.8 Å². The highest BCUT2D eigenvalue weighted by molar-refractivity contribution is 7.98. The molecule has 19 heavy (non-hydrogen) atoms. The van der Waals surface area contributed by atoms with E-state index in [1.165, 1.54) is 0 Å². The Bertz CT molecular complexity index is 472. The van der Waals surface area contributed by atoms with Gasteiger partial charge in [0.15, 0.2) is 0 Å². The van der Waals surface area contributed by atoms with Crippen molar-refractivity contribution in [3.63, 3.8) is 0 Å². The van der Waals surface area contributed by atoms with Crippen molar-refractivity contribution < 1.29 is 14.7 Å². The Morgan fingerprint density at radius 1 is 1.32 bits per heavy atom. The van der Waals surface area contributed by atoms with Gasteiger partial charge >= 0.3 is 5.97 Å². The smallest absolute Gasteiger partial charge is 0.303 e. The summed E-state index contributed by atoms with van der Waals surface area (Å²) in [5.74, 6) is -1.05. The van der Waals surface area contributed by atoms with Gasteiger partial charge in [-0.1, -0.05) is 19.9 Å². The average Bonchev–Trinajstić information content (AvgIpc) is 2.26. The first-order valence-electron chi connectivity index (χ1n) is 5.98. The first-order chi connectivity index (χ1) is 8.82. The minimum Gasteiger partial charge on any atom is -0.481 e. The molecule has 0 atom stereocenters. The van der Waals surface area contributed by atoms with E-state index in [0.717, 1.165) is 10.6 Å². The van der Waals surface area contributed by atoms with Crippen LogP contribution in [0, 0.1) is 5.41 Å². The molecule has 1 aromatic rings. The Kier molecular flexibility index (Phi) is 5.42. The average molecular weight is 281 g/mol.